The van der Waals surface area contributed by atoms with Crippen molar-refractivity contribution in [3.63, 3.8) is 0 Å². The van der Waals surface area contributed by atoms with Gasteiger partial charge in [-0.05, 0) is 25.3 Å². The molecule has 0 saturated heterocycles. The Morgan fingerprint density at radius 3 is 3.06 bits per heavy atom. The second kappa shape index (κ2) is 8.17. The third kappa shape index (κ3) is 5.26. The second-order valence-electron chi connectivity index (χ2n) is 3.99. The molecule has 0 aliphatic carbocycles. The molecule has 2 heteroatoms. The summed E-state index contributed by atoms with van der Waals surface area (Å²) in [6.45, 7) is 2.11. The minimum absolute atomic E-state index is 0.0115. The van der Waals surface area contributed by atoms with Gasteiger partial charge in [0.1, 0.15) is 0 Å². The molecular weight excluding hydrogens is 232 g/mol. The van der Waals surface area contributed by atoms with Crippen LogP contribution in [-0.2, 0) is 4.74 Å². The molecule has 0 unspecified atom stereocenters. The fraction of sp³-hybridized carbons (Fsp3) is 0.467. The van der Waals surface area contributed by atoms with Crippen molar-refractivity contribution < 1.29 is 4.74 Å². The summed E-state index contributed by atoms with van der Waals surface area (Å²) in [5.74, 6) is 2.48. The van der Waals surface area contributed by atoms with Crippen molar-refractivity contribution in [1.29, 1.82) is 0 Å². The van der Waals surface area contributed by atoms with E-state index in [2.05, 4.69) is 25.0 Å². The fourth-order valence-corrected chi connectivity index (χ4v) is 1.95. The van der Waals surface area contributed by atoms with Crippen LogP contribution in [0.5, 0.6) is 0 Å². The van der Waals surface area contributed by atoms with Gasteiger partial charge < -0.3 is 4.74 Å². The maximum absolute atomic E-state index is 6.34. The highest BCUT2D eigenvalue weighted by Gasteiger charge is 2.21. The van der Waals surface area contributed by atoms with Crippen LogP contribution >= 0.6 is 11.6 Å². The predicted molar refractivity (Wildman–Crippen MR) is 74.1 cm³/mol. The summed E-state index contributed by atoms with van der Waals surface area (Å²) in [7, 11) is 0. The standard InChI is InChI=1S/C15H19ClO/c1-3-5-7-12-15-14(16)11-9-6-8-10-13(4-2)17-15/h1,5-10,13-15H,4,11-12H2,2H3/b7-5+,9-6-,10-8-/t13-,14-,15-/m0/s1. The van der Waals surface area contributed by atoms with Crippen LogP contribution in [0.1, 0.15) is 26.2 Å². The molecule has 0 spiro atoms. The Morgan fingerprint density at radius 1 is 1.53 bits per heavy atom. The van der Waals surface area contributed by atoms with Gasteiger partial charge in [-0.15, -0.1) is 18.0 Å². The minimum Gasteiger partial charge on any atom is -0.369 e. The zero-order valence-electron chi connectivity index (χ0n) is 10.2. The van der Waals surface area contributed by atoms with E-state index in [1.54, 1.807) is 6.08 Å². The first kappa shape index (κ1) is 14.1. The van der Waals surface area contributed by atoms with Crippen LogP contribution in [0.15, 0.2) is 36.5 Å². The highest BCUT2D eigenvalue weighted by atomic mass is 35.5. The first-order valence-electron chi connectivity index (χ1n) is 6.02. The number of allylic oxidation sites excluding steroid dienone is 4. The van der Waals surface area contributed by atoms with E-state index in [9.17, 15) is 0 Å². The zero-order valence-corrected chi connectivity index (χ0v) is 10.9. The SMILES string of the molecule is C#C/C=C/C[C@@H]1O[C@@H](CC)/C=C\C=C/C[C@@H]1Cl. The molecule has 3 atom stereocenters. The summed E-state index contributed by atoms with van der Waals surface area (Å²) in [5.41, 5.74) is 0. The lowest BCUT2D eigenvalue weighted by molar-refractivity contribution is 0.0119. The molecule has 1 aliphatic rings. The van der Waals surface area contributed by atoms with Crippen LogP contribution in [0.25, 0.3) is 0 Å². The monoisotopic (exact) mass is 250 g/mol. The molecule has 0 aromatic rings. The first-order valence-corrected chi connectivity index (χ1v) is 6.45. The number of terminal acetylenes is 1. The van der Waals surface area contributed by atoms with E-state index < -0.39 is 0 Å². The topological polar surface area (TPSA) is 9.23 Å². The largest absolute Gasteiger partial charge is 0.369 e. The van der Waals surface area contributed by atoms with E-state index in [0.717, 1.165) is 19.3 Å². The Balaban J connectivity index is 2.68. The molecule has 1 nitrogen and oxygen atoms in total. The van der Waals surface area contributed by atoms with Crippen LogP contribution < -0.4 is 0 Å². The molecule has 0 radical (unpaired) electrons. The number of alkyl halides is 1. The number of hydrogen-bond donors (Lipinski definition) is 0. The number of ether oxygens (including phenoxy) is 1. The van der Waals surface area contributed by atoms with E-state index in [1.807, 2.05) is 18.2 Å². The Labute approximate surface area is 109 Å². The van der Waals surface area contributed by atoms with Crippen molar-refractivity contribution >= 4 is 11.6 Å². The fourth-order valence-electron chi connectivity index (χ4n) is 1.69. The van der Waals surface area contributed by atoms with Crippen molar-refractivity contribution in [3.8, 4) is 12.3 Å². The Hall–Kier alpha value is -0.970. The maximum Gasteiger partial charge on any atom is 0.0784 e. The van der Waals surface area contributed by atoms with Gasteiger partial charge in [0.25, 0.3) is 0 Å². The van der Waals surface area contributed by atoms with Crippen molar-refractivity contribution in [2.75, 3.05) is 0 Å². The van der Waals surface area contributed by atoms with Gasteiger partial charge in [0, 0.05) is 0 Å². The molecule has 0 fully saturated rings. The van der Waals surface area contributed by atoms with E-state index in [1.165, 1.54) is 0 Å². The van der Waals surface area contributed by atoms with Gasteiger partial charge in [-0.2, -0.15) is 0 Å². The molecule has 0 aromatic carbocycles. The molecular formula is C15H19ClO. The summed E-state index contributed by atoms with van der Waals surface area (Å²) in [4.78, 5) is 0. The van der Waals surface area contributed by atoms with Gasteiger partial charge in [-0.3, -0.25) is 0 Å². The Morgan fingerprint density at radius 2 is 2.35 bits per heavy atom. The van der Waals surface area contributed by atoms with Crippen molar-refractivity contribution in [1.82, 2.24) is 0 Å². The average molecular weight is 251 g/mol. The molecule has 0 amide bonds. The molecule has 1 rings (SSSR count). The summed E-state index contributed by atoms with van der Waals surface area (Å²) >= 11 is 6.34. The summed E-state index contributed by atoms with van der Waals surface area (Å²) in [6, 6.07) is 0. The Kier molecular flexibility index (Phi) is 6.77. The zero-order chi connectivity index (χ0) is 12.5. The van der Waals surface area contributed by atoms with Gasteiger partial charge in [0.15, 0.2) is 0 Å². The second-order valence-corrected chi connectivity index (χ2v) is 4.55. The molecule has 17 heavy (non-hydrogen) atoms. The van der Waals surface area contributed by atoms with Gasteiger partial charge in [-0.1, -0.05) is 43.2 Å². The minimum atomic E-state index is -0.0115. The maximum atomic E-state index is 6.34. The molecule has 92 valence electrons. The van der Waals surface area contributed by atoms with Gasteiger partial charge >= 0.3 is 0 Å². The molecule has 1 aliphatic heterocycles. The van der Waals surface area contributed by atoms with Crippen molar-refractivity contribution in [3.05, 3.63) is 36.5 Å². The predicted octanol–water partition coefficient (Wildman–Crippen LogP) is 3.85. The van der Waals surface area contributed by atoms with Gasteiger partial charge in [0.05, 0.1) is 17.6 Å². The molecule has 0 saturated carbocycles. The smallest absolute Gasteiger partial charge is 0.0784 e. The van der Waals surface area contributed by atoms with Crippen LogP contribution in [0, 0.1) is 12.3 Å². The normalized spacial score (nSPS) is 33.4. The van der Waals surface area contributed by atoms with Gasteiger partial charge in [-0.25, -0.2) is 0 Å². The lowest BCUT2D eigenvalue weighted by atomic mass is 10.1. The van der Waals surface area contributed by atoms with Crippen LogP contribution in [0.3, 0.4) is 0 Å². The summed E-state index contributed by atoms with van der Waals surface area (Å²) < 4.78 is 6.00. The van der Waals surface area contributed by atoms with E-state index in [0.29, 0.717) is 0 Å². The molecule has 0 N–H and O–H groups in total. The van der Waals surface area contributed by atoms with Crippen LogP contribution in [0.4, 0.5) is 0 Å². The quantitative estimate of drug-likeness (QED) is 0.546. The Bertz CT molecular complexity index is 335. The highest BCUT2D eigenvalue weighted by Crippen LogP contribution is 2.20. The third-order valence-electron chi connectivity index (χ3n) is 2.67. The molecule has 0 bridgehead atoms. The molecule has 1 heterocycles. The number of hydrogen-bond acceptors (Lipinski definition) is 1. The third-order valence-corrected chi connectivity index (χ3v) is 3.13. The molecule has 0 aromatic heterocycles. The van der Waals surface area contributed by atoms with E-state index >= 15 is 0 Å². The highest BCUT2D eigenvalue weighted by molar-refractivity contribution is 6.21. The summed E-state index contributed by atoms with van der Waals surface area (Å²) in [6.07, 6.45) is 19.7. The number of rotatable bonds is 3. The lowest BCUT2D eigenvalue weighted by Crippen LogP contribution is -2.28. The average Bonchev–Trinajstić information content (AvgIpc) is 2.42. The van der Waals surface area contributed by atoms with Crippen molar-refractivity contribution in [2.45, 2.75) is 43.8 Å². The lowest BCUT2D eigenvalue weighted by Gasteiger charge is -2.24. The number of halogens is 1. The van der Waals surface area contributed by atoms with E-state index in [-0.39, 0.29) is 17.6 Å². The van der Waals surface area contributed by atoms with Crippen LogP contribution in [-0.4, -0.2) is 17.6 Å². The van der Waals surface area contributed by atoms with Gasteiger partial charge in [0.2, 0.25) is 0 Å². The van der Waals surface area contributed by atoms with Crippen molar-refractivity contribution in [2.24, 2.45) is 0 Å². The first-order chi connectivity index (χ1) is 8.27. The van der Waals surface area contributed by atoms with Crippen LogP contribution in [0.2, 0.25) is 0 Å². The summed E-state index contributed by atoms with van der Waals surface area (Å²) in [5, 5.41) is -0.0115. The van der Waals surface area contributed by atoms with E-state index in [4.69, 9.17) is 22.8 Å².